The molecule has 2 N–H and O–H groups in total. The third-order valence-corrected chi connectivity index (χ3v) is 4.44. The first-order chi connectivity index (χ1) is 11.1. The molecule has 1 aliphatic carbocycles. The average Bonchev–Trinajstić information content (AvgIpc) is 3.26. The minimum atomic E-state index is -0.440. The van der Waals surface area contributed by atoms with Crippen LogP contribution in [-0.4, -0.2) is 15.8 Å². The summed E-state index contributed by atoms with van der Waals surface area (Å²) in [4.78, 5) is 12.0. The minimum Gasteiger partial charge on any atom is -0.334 e. The molecule has 23 heavy (non-hydrogen) atoms. The van der Waals surface area contributed by atoms with Gasteiger partial charge in [-0.05, 0) is 37.8 Å². The van der Waals surface area contributed by atoms with E-state index in [1.54, 1.807) is 18.3 Å². The van der Waals surface area contributed by atoms with Gasteiger partial charge in [0.15, 0.2) is 0 Å². The zero-order valence-corrected chi connectivity index (χ0v) is 13.5. The molecule has 3 rings (SSSR count). The van der Waals surface area contributed by atoms with Gasteiger partial charge in [0, 0.05) is 23.2 Å². The second kappa shape index (κ2) is 6.58. The zero-order valence-electron chi connectivity index (χ0n) is 12.7. The Labute approximate surface area is 138 Å². The van der Waals surface area contributed by atoms with Crippen LogP contribution in [0.3, 0.4) is 0 Å². The molecule has 1 aromatic heterocycles. The van der Waals surface area contributed by atoms with Crippen molar-refractivity contribution in [1.82, 2.24) is 15.1 Å². The van der Waals surface area contributed by atoms with Gasteiger partial charge in [-0.15, -0.1) is 0 Å². The van der Waals surface area contributed by atoms with Crippen LogP contribution >= 0.6 is 11.6 Å². The lowest BCUT2D eigenvalue weighted by molar-refractivity contribution is 0.251. The van der Waals surface area contributed by atoms with E-state index in [0.717, 1.165) is 0 Å². The number of nitrogens with one attached hydrogen (secondary N) is 2. The molecule has 5 nitrogen and oxygen atoms in total. The molecule has 1 aromatic carbocycles. The summed E-state index contributed by atoms with van der Waals surface area (Å²) >= 11 is 5.94. The fourth-order valence-electron chi connectivity index (χ4n) is 2.55. The number of urea groups is 1. The fraction of sp³-hybridized carbons (Fsp3) is 0.375. The van der Waals surface area contributed by atoms with Crippen molar-refractivity contribution in [3.63, 3.8) is 0 Å². The second-order valence-electron chi connectivity index (χ2n) is 5.75. The maximum atomic E-state index is 13.7. The van der Waals surface area contributed by atoms with E-state index >= 15 is 0 Å². The molecule has 0 unspecified atom stereocenters. The Morgan fingerprint density at radius 3 is 2.96 bits per heavy atom. The van der Waals surface area contributed by atoms with Crippen LogP contribution in [0.5, 0.6) is 0 Å². The molecule has 2 amide bonds. The van der Waals surface area contributed by atoms with E-state index in [9.17, 15) is 9.18 Å². The number of rotatable bonds is 5. The van der Waals surface area contributed by atoms with Gasteiger partial charge in [0.1, 0.15) is 11.6 Å². The molecule has 0 radical (unpaired) electrons. The molecule has 1 atom stereocenters. The lowest BCUT2D eigenvalue weighted by Crippen LogP contribution is -2.30. The van der Waals surface area contributed by atoms with Crippen LogP contribution in [0, 0.1) is 11.7 Å². The van der Waals surface area contributed by atoms with Crippen LogP contribution in [0.25, 0.3) is 0 Å². The van der Waals surface area contributed by atoms with Crippen molar-refractivity contribution in [2.45, 2.75) is 32.4 Å². The lowest BCUT2D eigenvalue weighted by Gasteiger charge is -2.16. The number of carbonyl (C=O) groups excluding carboxylic acids is 1. The molecule has 1 saturated carbocycles. The molecule has 0 aliphatic heterocycles. The Balaban J connectivity index is 1.61. The maximum absolute atomic E-state index is 13.7. The van der Waals surface area contributed by atoms with Crippen LogP contribution < -0.4 is 10.6 Å². The van der Waals surface area contributed by atoms with E-state index in [2.05, 4.69) is 22.7 Å². The monoisotopic (exact) mass is 336 g/mol. The number of benzene rings is 1. The Kier molecular flexibility index (Phi) is 4.52. The summed E-state index contributed by atoms with van der Waals surface area (Å²) in [5, 5.41) is 9.92. The molecule has 1 heterocycles. The van der Waals surface area contributed by atoms with Gasteiger partial charge in [0.25, 0.3) is 0 Å². The highest BCUT2D eigenvalue weighted by Crippen LogP contribution is 2.40. The summed E-state index contributed by atoms with van der Waals surface area (Å²) in [5.41, 5.74) is 0.268. The average molecular weight is 337 g/mol. The largest absolute Gasteiger partial charge is 0.334 e. The Bertz CT molecular complexity index is 694. The first-order valence-electron chi connectivity index (χ1n) is 7.57. The van der Waals surface area contributed by atoms with Crippen molar-refractivity contribution >= 4 is 23.4 Å². The molecular weight excluding hydrogens is 319 g/mol. The fourth-order valence-corrected chi connectivity index (χ4v) is 2.78. The minimum absolute atomic E-state index is 0.0175. The molecule has 0 spiro atoms. The van der Waals surface area contributed by atoms with Crippen LogP contribution in [0.4, 0.5) is 15.0 Å². The van der Waals surface area contributed by atoms with Gasteiger partial charge in [-0.3, -0.25) is 5.32 Å². The molecule has 0 saturated heterocycles. The highest BCUT2D eigenvalue weighted by Gasteiger charge is 2.30. The van der Waals surface area contributed by atoms with Crippen molar-refractivity contribution in [2.24, 2.45) is 5.92 Å². The molecule has 7 heteroatoms. The normalized spacial score (nSPS) is 15.3. The van der Waals surface area contributed by atoms with Gasteiger partial charge in [-0.25, -0.2) is 13.9 Å². The molecule has 1 aliphatic rings. The molecule has 1 fully saturated rings. The number of amides is 2. The van der Waals surface area contributed by atoms with Crippen LogP contribution in [0.15, 0.2) is 30.5 Å². The first-order valence-corrected chi connectivity index (χ1v) is 7.95. The summed E-state index contributed by atoms with van der Waals surface area (Å²) in [6, 6.07) is 6.00. The number of anilines is 1. The van der Waals surface area contributed by atoms with Gasteiger partial charge >= 0.3 is 6.03 Å². The van der Waals surface area contributed by atoms with Crippen molar-refractivity contribution in [1.29, 1.82) is 0 Å². The number of nitrogens with zero attached hydrogens (tertiary/aromatic N) is 2. The van der Waals surface area contributed by atoms with E-state index in [0.29, 0.717) is 11.7 Å². The van der Waals surface area contributed by atoms with Gasteiger partial charge < -0.3 is 5.32 Å². The summed E-state index contributed by atoms with van der Waals surface area (Å²) in [5.74, 6) is 0.808. The molecule has 0 bridgehead atoms. The van der Waals surface area contributed by atoms with Crippen molar-refractivity contribution in [3.8, 4) is 0 Å². The van der Waals surface area contributed by atoms with E-state index in [1.807, 2.05) is 4.68 Å². The highest BCUT2D eigenvalue weighted by molar-refractivity contribution is 6.31. The Morgan fingerprint density at radius 2 is 2.26 bits per heavy atom. The Hall–Kier alpha value is -2.08. The maximum Gasteiger partial charge on any atom is 0.320 e. The lowest BCUT2D eigenvalue weighted by atomic mass is 10.2. The molecular formula is C16H18ClFN4O. The first kappa shape index (κ1) is 15.8. The third kappa shape index (κ3) is 3.64. The zero-order chi connectivity index (χ0) is 16.4. The summed E-state index contributed by atoms with van der Waals surface area (Å²) in [6.07, 6.45) is 4.04. The molecule has 2 aromatic rings. The SMILES string of the molecule is C[C@H](C1CC1)n1nccc1NC(=O)NCc1c(F)cccc1Cl. The van der Waals surface area contributed by atoms with Crippen molar-refractivity contribution in [2.75, 3.05) is 5.32 Å². The number of halogens is 2. The van der Waals surface area contributed by atoms with Crippen LogP contribution in [-0.2, 0) is 6.54 Å². The number of carbonyl (C=O) groups is 1. The van der Waals surface area contributed by atoms with Gasteiger partial charge in [-0.2, -0.15) is 5.10 Å². The van der Waals surface area contributed by atoms with E-state index in [-0.39, 0.29) is 23.2 Å². The van der Waals surface area contributed by atoms with Crippen LogP contribution in [0.1, 0.15) is 31.4 Å². The van der Waals surface area contributed by atoms with Crippen molar-refractivity contribution in [3.05, 3.63) is 46.9 Å². The molecule has 122 valence electrons. The predicted octanol–water partition coefficient (Wildman–Crippen LogP) is 3.97. The topological polar surface area (TPSA) is 59.0 Å². The van der Waals surface area contributed by atoms with Crippen molar-refractivity contribution < 1.29 is 9.18 Å². The second-order valence-corrected chi connectivity index (χ2v) is 6.15. The third-order valence-electron chi connectivity index (χ3n) is 4.09. The van der Waals surface area contributed by atoms with Gasteiger partial charge in [0.2, 0.25) is 0 Å². The van der Waals surface area contributed by atoms with E-state index in [4.69, 9.17) is 11.6 Å². The number of hydrogen-bond donors (Lipinski definition) is 2. The van der Waals surface area contributed by atoms with Crippen LogP contribution in [0.2, 0.25) is 5.02 Å². The predicted molar refractivity (Wildman–Crippen MR) is 86.9 cm³/mol. The highest BCUT2D eigenvalue weighted by atomic mass is 35.5. The van der Waals surface area contributed by atoms with Gasteiger partial charge in [-0.1, -0.05) is 17.7 Å². The number of aromatic nitrogens is 2. The van der Waals surface area contributed by atoms with E-state index < -0.39 is 11.8 Å². The summed E-state index contributed by atoms with van der Waals surface area (Å²) < 4.78 is 15.5. The smallest absolute Gasteiger partial charge is 0.320 e. The Morgan fingerprint density at radius 1 is 1.48 bits per heavy atom. The summed E-state index contributed by atoms with van der Waals surface area (Å²) in [6.45, 7) is 2.11. The van der Waals surface area contributed by atoms with E-state index in [1.165, 1.54) is 25.0 Å². The number of hydrogen-bond acceptors (Lipinski definition) is 2. The van der Waals surface area contributed by atoms with Gasteiger partial charge in [0.05, 0.1) is 12.2 Å². The quantitative estimate of drug-likeness (QED) is 0.868. The summed E-state index contributed by atoms with van der Waals surface area (Å²) in [7, 11) is 0. The standard InChI is InChI=1S/C16H18ClFN4O/c1-10(11-5-6-11)22-15(7-8-20-22)21-16(23)19-9-12-13(17)3-2-4-14(12)18/h2-4,7-8,10-11H,5-6,9H2,1H3,(H2,19,21,23)/t10-/m1/s1.